The fraction of sp³-hybridized carbons (Fsp3) is 0.231. The van der Waals surface area contributed by atoms with E-state index in [2.05, 4.69) is 27.1 Å². The van der Waals surface area contributed by atoms with Crippen molar-refractivity contribution < 1.29 is 0 Å². The predicted octanol–water partition coefficient (Wildman–Crippen LogP) is 3.43. The number of benzene rings is 1. The summed E-state index contributed by atoms with van der Waals surface area (Å²) in [6.07, 6.45) is 0. The standard InChI is InChI=1S/C13H12BrN3/c1-8-4-5-12(11(6-8)7-15)17-10(3)13(14)9(2)16-17/h4-6H,1-3H3. The van der Waals surface area contributed by atoms with Gasteiger partial charge in [-0.2, -0.15) is 10.4 Å². The van der Waals surface area contributed by atoms with Crippen molar-refractivity contribution in [3.8, 4) is 11.8 Å². The maximum atomic E-state index is 9.17. The number of aromatic nitrogens is 2. The molecule has 0 saturated heterocycles. The number of nitriles is 1. The number of hydrogen-bond donors (Lipinski definition) is 0. The van der Waals surface area contributed by atoms with Gasteiger partial charge in [-0.05, 0) is 54.4 Å². The molecule has 17 heavy (non-hydrogen) atoms. The van der Waals surface area contributed by atoms with Crippen LogP contribution in [0.5, 0.6) is 0 Å². The van der Waals surface area contributed by atoms with Gasteiger partial charge < -0.3 is 0 Å². The molecule has 0 N–H and O–H groups in total. The van der Waals surface area contributed by atoms with E-state index in [0.29, 0.717) is 5.56 Å². The lowest BCUT2D eigenvalue weighted by Gasteiger charge is -2.07. The molecule has 0 bridgehead atoms. The van der Waals surface area contributed by atoms with Crippen molar-refractivity contribution in [2.75, 3.05) is 0 Å². The first-order valence-corrected chi connectivity index (χ1v) is 6.06. The highest BCUT2D eigenvalue weighted by Gasteiger charge is 2.13. The third-order valence-electron chi connectivity index (χ3n) is 2.70. The van der Waals surface area contributed by atoms with Gasteiger partial charge in [0.1, 0.15) is 6.07 Å². The molecular formula is C13H12BrN3. The van der Waals surface area contributed by atoms with Crippen molar-refractivity contribution in [3.63, 3.8) is 0 Å². The van der Waals surface area contributed by atoms with E-state index in [-0.39, 0.29) is 0 Å². The van der Waals surface area contributed by atoms with Crippen LogP contribution in [0.25, 0.3) is 5.69 Å². The first kappa shape index (κ1) is 11.9. The van der Waals surface area contributed by atoms with E-state index < -0.39 is 0 Å². The van der Waals surface area contributed by atoms with Crippen molar-refractivity contribution in [2.24, 2.45) is 0 Å². The molecule has 2 rings (SSSR count). The minimum atomic E-state index is 0.642. The molecule has 1 aromatic carbocycles. The zero-order chi connectivity index (χ0) is 12.6. The quantitative estimate of drug-likeness (QED) is 0.807. The van der Waals surface area contributed by atoms with Gasteiger partial charge in [-0.15, -0.1) is 0 Å². The number of aryl methyl sites for hydroxylation is 2. The smallest absolute Gasteiger partial charge is 0.101 e. The van der Waals surface area contributed by atoms with Gasteiger partial charge in [-0.1, -0.05) is 6.07 Å². The van der Waals surface area contributed by atoms with Gasteiger partial charge in [0, 0.05) is 0 Å². The molecule has 0 unspecified atom stereocenters. The van der Waals surface area contributed by atoms with E-state index in [9.17, 15) is 0 Å². The van der Waals surface area contributed by atoms with Gasteiger partial charge in [0.25, 0.3) is 0 Å². The molecular weight excluding hydrogens is 278 g/mol. The average Bonchev–Trinajstić information content (AvgIpc) is 2.57. The normalized spacial score (nSPS) is 10.3. The third kappa shape index (κ3) is 1.98. The summed E-state index contributed by atoms with van der Waals surface area (Å²) < 4.78 is 2.79. The number of rotatable bonds is 1. The van der Waals surface area contributed by atoms with Gasteiger partial charge in [0.05, 0.1) is 27.1 Å². The maximum absolute atomic E-state index is 9.17. The Morgan fingerprint density at radius 2 is 2.00 bits per heavy atom. The van der Waals surface area contributed by atoms with Crippen LogP contribution >= 0.6 is 15.9 Å². The first-order chi connectivity index (χ1) is 8.04. The molecule has 0 spiro atoms. The van der Waals surface area contributed by atoms with Crippen molar-refractivity contribution >= 4 is 15.9 Å². The van der Waals surface area contributed by atoms with Crippen LogP contribution in [-0.4, -0.2) is 9.78 Å². The van der Waals surface area contributed by atoms with Gasteiger partial charge in [0.15, 0.2) is 0 Å². The summed E-state index contributed by atoms with van der Waals surface area (Å²) >= 11 is 3.49. The molecule has 0 radical (unpaired) electrons. The average molecular weight is 290 g/mol. The highest BCUT2D eigenvalue weighted by molar-refractivity contribution is 9.10. The van der Waals surface area contributed by atoms with E-state index >= 15 is 0 Å². The molecule has 0 amide bonds. The van der Waals surface area contributed by atoms with Gasteiger partial charge >= 0.3 is 0 Å². The largest absolute Gasteiger partial charge is 0.235 e. The summed E-state index contributed by atoms with van der Waals surface area (Å²) in [5, 5.41) is 13.6. The van der Waals surface area contributed by atoms with Crippen LogP contribution < -0.4 is 0 Å². The van der Waals surface area contributed by atoms with E-state index in [0.717, 1.165) is 27.1 Å². The zero-order valence-electron chi connectivity index (χ0n) is 9.95. The summed E-state index contributed by atoms with van der Waals surface area (Å²) in [6.45, 7) is 5.89. The van der Waals surface area contributed by atoms with E-state index in [1.54, 1.807) is 4.68 Å². The molecule has 1 heterocycles. The molecule has 0 aliphatic carbocycles. The molecule has 3 nitrogen and oxygen atoms in total. The number of nitrogens with zero attached hydrogens (tertiary/aromatic N) is 3. The van der Waals surface area contributed by atoms with E-state index in [1.165, 1.54) is 0 Å². The summed E-state index contributed by atoms with van der Waals surface area (Å²) in [5.74, 6) is 0. The highest BCUT2D eigenvalue weighted by atomic mass is 79.9. The van der Waals surface area contributed by atoms with Crippen molar-refractivity contribution in [1.82, 2.24) is 9.78 Å². The van der Waals surface area contributed by atoms with Crippen molar-refractivity contribution in [1.29, 1.82) is 5.26 Å². The van der Waals surface area contributed by atoms with Crippen LogP contribution in [0.15, 0.2) is 22.7 Å². The first-order valence-electron chi connectivity index (χ1n) is 5.27. The topological polar surface area (TPSA) is 41.6 Å². The van der Waals surface area contributed by atoms with Crippen LogP contribution in [0.4, 0.5) is 0 Å². The molecule has 0 saturated carbocycles. The lowest BCUT2D eigenvalue weighted by molar-refractivity contribution is 0.830. The summed E-state index contributed by atoms with van der Waals surface area (Å²) in [4.78, 5) is 0. The monoisotopic (exact) mass is 289 g/mol. The van der Waals surface area contributed by atoms with E-state index in [1.807, 2.05) is 39.0 Å². The Morgan fingerprint density at radius 3 is 2.53 bits per heavy atom. The Morgan fingerprint density at radius 1 is 1.29 bits per heavy atom. The van der Waals surface area contributed by atoms with Gasteiger partial charge in [0.2, 0.25) is 0 Å². The number of halogens is 1. The Hall–Kier alpha value is -1.60. The minimum Gasteiger partial charge on any atom is -0.235 e. The molecule has 2 aromatic rings. The maximum Gasteiger partial charge on any atom is 0.101 e. The van der Waals surface area contributed by atoms with Crippen LogP contribution in [0.2, 0.25) is 0 Å². The van der Waals surface area contributed by atoms with Crippen LogP contribution in [-0.2, 0) is 0 Å². The Bertz CT molecular complexity index is 620. The lowest BCUT2D eigenvalue weighted by Crippen LogP contribution is -2.02. The SMILES string of the molecule is Cc1ccc(-n2nc(C)c(Br)c2C)c(C#N)c1. The molecule has 0 fully saturated rings. The summed E-state index contributed by atoms with van der Waals surface area (Å²) in [6, 6.07) is 8.01. The second-order valence-corrected chi connectivity index (χ2v) is 4.82. The van der Waals surface area contributed by atoms with Crippen LogP contribution in [0.1, 0.15) is 22.5 Å². The van der Waals surface area contributed by atoms with Crippen molar-refractivity contribution in [3.05, 3.63) is 45.2 Å². The van der Waals surface area contributed by atoms with E-state index in [4.69, 9.17) is 5.26 Å². The molecule has 86 valence electrons. The van der Waals surface area contributed by atoms with Crippen molar-refractivity contribution in [2.45, 2.75) is 20.8 Å². The summed E-state index contributed by atoms with van der Waals surface area (Å²) in [7, 11) is 0. The molecule has 0 aliphatic heterocycles. The lowest BCUT2D eigenvalue weighted by atomic mass is 10.1. The molecule has 0 aliphatic rings. The third-order valence-corrected chi connectivity index (χ3v) is 3.85. The molecule has 0 atom stereocenters. The Labute approximate surface area is 109 Å². The Balaban J connectivity index is 2.69. The zero-order valence-corrected chi connectivity index (χ0v) is 11.5. The fourth-order valence-corrected chi connectivity index (χ4v) is 2.03. The number of hydrogen-bond acceptors (Lipinski definition) is 2. The Kier molecular flexibility index (Phi) is 3.03. The fourth-order valence-electron chi connectivity index (χ4n) is 1.78. The second-order valence-electron chi connectivity index (χ2n) is 4.03. The predicted molar refractivity (Wildman–Crippen MR) is 70.2 cm³/mol. The minimum absolute atomic E-state index is 0.642. The molecule has 4 heteroatoms. The highest BCUT2D eigenvalue weighted by Crippen LogP contribution is 2.24. The van der Waals surface area contributed by atoms with Gasteiger partial charge in [-0.25, -0.2) is 4.68 Å². The second kappa shape index (κ2) is 4.34. The summed E-state index contributed by atoms with van der Waals surface area (Å²) in [5.41, 5.74) is 4.47. The molecule has 1 aromatic heterocycles. The van der Waals surface area contributed by atoms with Gasteiger partial charge in [-0.3, -0.25) is 0 Å². The van der Waals surface area contributed by atoms with Crippen LogP contribution in [0, 0.1) is 32.1 Å². The van der Waals surface area contributed by atoms with Crippen LogP contribution in [0.3, 0.4) is 0 Å².